The monoisotopic (exact) mass is 512 g/mol. The lowest BCUT2D eigenvalue weighted by molar-refractivity contribution is -0.138. The van der Waals surface area contributed by atoms with Crippen LogP contribution >= 0.6 is 0 Å². The summed E-state index contributed by atoms with van der Waals surface area (Å²) in [5.41, 5.74) is -2.47. The molecule has 2 aromatic rings. The summed E-state index contributed by atoms with van der Waals surface area (Å²) in [6.45, 7) is 2.33. The van der Waals surface area contributed by atoms with Crippen molar-refractivity contribution in [3.05, 3.63) is 53.5 Å². The number of rotatable bonds is 4. The fourth-order valence-corrected chi connectivity index (χ4v) is 5.58. The number of nitrogens with zero attached hydrogens (tertiary/aromatic N) is 2. The molecule has 5 nitrogen and oxygen atoms in total. The molecule has 0 spiro atoms. The summed E-state index contributed by atoms with van der Waals surface area (Å²) in [5, 5.41) is 0. The van der Waals surface area contributed by atoms with Crippen LogP contribution in [0.5, 0.6) is 0 Å². The van der Waals surface area contributed by atoms with Gasteiger partial charge < -0.3 is 0 Å². The van der Waals surface area contributed by atoms with Crippen LogP contribution < -0.4 is 4.90 Å². The largest absolute Gasteiger partial charge is 0.417 e. The van der Waals surface area contributed by atoms with Gasteiger partial charge in [0, 0.05) is 19.2 Å². The number of hydrogen-bond donors (Lipinski definition) is 0. The van der Waals surface area contributed by atoms with E-state index in [0.29, 0.717) is 12.3 Å². The van der Waals surface area contributed by atoms with Gasteiger partial charge in [-0.2, -0.15) is 26.3 Å². The lowest BCUT2D eigenvalue weighted by Crippen LogP contribution is -2.49. The molecule has 1 aliphatic rings. The molecule has 34 heavy (non-hydrogen) atoms. The molecule has 1 saturated heterocycles. The smallest absolute Gasteiger partial charge is 0.294 e. The molecule has 1 amide bonds. The Morgan fingerprint density at radius 1 is 1.00 bits per heavy atom. The van der Waals surface area contributed by atoms with Gasteiger partial charge in [-0.15, -0.1) is 0 Å². The molecule has 0 saturated carbocycles. The number of carbonyl (C=O) groups is 1. The van der Waals surface area contributed by atoms with Gasteiger partial charge in [0.15, 0.2) is 21.5 Å². The Morgan fingerprint density at radius 3 is 2.15 bits per heavy atom. The second kappa shape index (κ2) is 8.51. The number of pyridine rings is 1. The maximum absolute atomic E-state index is 14.3. The highest BCUT2D eigenvalue weighted by Crippen LogP contribution is 2.41. The number of hydrogen-bond acceptors (Lipinski definition) is 4. The van der Waals surface area contributed by atoms with Crippen LogP contribution in [-0.4, -0.2) is 30.6 Å². The van der Waals surface area contributed by atoms with Crippen LogP contribution in [0.4, 0.5) is 36.6 Å². The van der Waals surface area contributed by atoms with Gasteiger partial charge in [-0.25, -0.2) is 17.8 Å². The van der Waals surface area contributed by atoms with E-state index in [-0.39, 0.29) is 19.0 Å². The molecule has 0 N–H and O–H groups in total. The normalized spacial score (nSPS) is 18.3. The number of piperidine rings is 1. The summed E-state index contributed by atoms with van der Waals surface area (Å²) in [6.07, 6.45) is -9.62. The minimum Gasteiger partial charge on any atom is -0.294 e. The highest BCUT2D eigenvalue weighted by Gasteiger charge is 2.47. The highest BCUT2D eigenvalue weighted by atomic mass is 32.2. The molecular formula is C21H19F7N2O3S. The molecule has 0 radical (unpaired) electrons. The van der Waals surface area contributed by atoms with E-state index < -0.39 is 72.8 Å². The van der Waals surface area contributed by atoms with Crippen LogP contribution in [0.3, 0.4) is 0 Å². The predicted molar refractivity (Wildman–Crippen MR) is 107 cm³/mol. The number of alkyl halides is 6. The number of carbonyl (C=O) groups excluding carboxylic acids is 1. The fourth-order valence-electron chi connectivity index (χ4n) is 3.80. The van der Waals surface area contributed by atoms with Crippen molar-refractivity contribution < 1.29 is 43.9 Å². The second-order valence-corrected chi connectivity index (χ2v) is 10.9. The standard InChI is InChI=1S/C21H19F7N2O3S/c1-19(2,34(32,33)15-5-3-4-13(8-15)20(23,24)25)12-6-7-30(17(31)10-12)18-16(22)9-14(11-29-18)21(26,27)28/h3-5,8-9,11-12H,6-7,10H2,1-2H3/t12-/m0/s1. The zero-order chi connectivity index (χ0) is 25.7. The zero-order valence-electron chi connectivity index (χ0n) is 17.8. The first-order chi connectivity index (χ1) is 15.5. The van der Waals surface area contributed by atoms with E-state index in [1.165, 1.54) is 13.8 Å². The minimum atomic E-state index is -4.83. The Labute approximate surface area is 190 Å². The van der Waals surface area contributed by atoms with Crippen molar-refractivity contribution in [3.63, 3.8) is 0 Å². The molecule has 3 rings (SSSR count). The van der Waals surface area contributed by atoms with Crippen molar-refractivity contribution in [1.29, 1.82) is 0 Å². The topological polar surface area (TPSA) is 67.3 Å². The first kappa shape index (κ1) is 25.9. The van der Waals surface area contributed by atoms with Gasteiger partial charge in [-0.05, 0) is 50.5 Å². The molecule has 1 aliphatic heterocycles. The molecule has 1 aromatic heterocycles. The van der Waals surface area contributed by atoms with Gasteiger partial charge in [0.1, 0.15) is 0 Å². The third kappa shape index (κ3) is 4.75. The zero-order valence-corrected chi connectivity index (χ0v) is 18.7. The fraction of sp³-hybridized carbons (Fsp3) is 0.429. The number of sulfone groups is 1. The third-order valence-electron chi connectivity index (χ3n) is 5.98. The lowest BCUT2D eigenvalue weighted by atomic mass is 9.85. The molecular weight excluding hydrogens is 493 g/mol. The third-order valence-corrected chi connectivity index (χ3v) is 8.57. The molecule has 1 atom stereocenters. The molecule has 0 bridgehead atoms. The molecule has 13 heteroatoms. The Hall–Kier alpha value is -2.70. The molecule has 1 aromatic carbocycles. The second-order valence-electron chi connectivity index (χ2n) is 8.39. The maximum Gasteiger partial charge on any atom is 0.417 e. The van der Waals surface area contributed by atoms with E-state index in [0.717, 1.165) is 23.1 Å². The lowest BCUT2D eigenvalue weighted by Gasteiger charge is -2.39. The number of anilines is 1. The molecule has 1 fully saturated rings. The quantitative estimate of drug-likeness (QED) is 0.525. The van der Waals surface area contributed by atoms with Gasteiger partial charge in [-0.1, -0.05) is 6.07 Å². The van der Waals surface area contributed by atoms with Crippen molar-refractivity contribution in [2.24, 2.45) is 5.92 Å². The maximum atomic E-state index is 14.3. The van der Waals surface area contributed by atoms with Crippen molar-refractivity contribution in [2.75, 3.05) is 11.4 Å². The summed E-state index contributed by atoms with van der Waals surface area (Å²) in [7, 11) is -4.34. The van der Waals surface area contributed by atoms with Crippen LogP contribution in [0, 0.1) is 11.7 Å². The van der Waals surface area contributed by atoms with Crippen molar-refractivity contribution in [3.8, 4) is 0 Å². The van der Waals surface area contributed by atoms with Gasteiger partial charge in [0.25, 0.3) is 0 Å². The average Bonchev–Trinajstić information content (AvgIpc) is 2.72. The number of aromatic nitrogens is 1. The Kier molecular flexibility index (Phi) is 6.48. The van der Waals surface area contributed by atoms with E-state index in [1.54, 1.807) is 0 Å². The van der Waals surface area contributed by atoms with Crippen LogP contribution in [0.25, 0.3) is 0 Å². The summed E-state index contributed by atoms with van der Waals surface area (Å²) >= 11 is 0. The van der Waals surface area contributed by atoms with E-state index in [1.807, 2.05) is 0 Å². The number of amides is 1. The molecule has 0 unspecified atom stereocenters. The summed E-state index contributed by atoms with van der Waals surface area (Å²) < 4.78 is 116. The van der Waals surface area contributed by atoms with E-state index in [4.69, 9.17) is 0 Å². The van der Waals surface area contributed by atoms with Crippen LogP contribution in [0.1, 0.15) is 37.8 Å². The SMILES string of the molecule is CC(C)([C@H]1CCN(c2ncc(C(F)(F)F)cc2F)C(=O)C1)S(=O)(=O)c1cccc(C(F)(F)F)c1. The van der Waals surface area contributed by atoms with Gasteiger partial charge in [0.05, 0.1) is 20.8 Å². The molecule has 0 aliphatic carbocycles. The number of halogens is 7. The Bertz CT molecular complexity index is 1210. The van der Waals surface area contributed by atoms with E-state index in [9.17, 15) is 43.9 Å². The van der Waals surface area contributed by atoms with Crippen molar-refractivity contribution in [1.82, 2.24) is 4.98 Å². The first-order valence-electron chi connectivity index (χ1n) is 9.91. The van der Waals surface area contributed by atoms with Gasteiger partial charge in [-0.3, -0.25) is 9.69 Å². The molecule has 2 heterocycles. The Morgan fingerprint density at radius 2 is 1.62 bits per heavy atom. The highest BCUT2D eigenvalue weighted by molar-refractivity contribution is 7.92. The van der Waals surface area contributed by atoms with Crippen molar-refractivity contribution >= 4 is 21.6 Å². The van der Waals surface area contributed by atoms with Crippen LogP contribution in [0.15, 0.2) is 41.4 Å². The molecule has 186 valence electrons. The number of benzene rings is 1. The van der Waals surface area contributed by atoms with Crippen LogP contribution in [-0.2, 0) is 27.0 Å². The predicted octanol–water partition coefficient (Wildman–Crippen LogP) is 5.25. The van der Waals surface area contributed by atoms with Crippen LogP contribution in [0.2, 0.25) is 0 Å². The van der Waals surface area contributed by atoms with E-state index >= 15 is 0 Å². The van der Waals surface area contributed by atoms with Gasteiger partial charge in [0.2, 0.25) is 5.91 Å². The first-order valence-corrected chi connectivity index (χ1v) is 11.4. The van der Waals surface area contributed by atoms with E-state index in [2.05, 4.69) is 4.98 Å². The summed E-state index contributed by atoms with van der Waals surface area (Å²) in [5.74, 6) is -3.60. The average molecular weight is 512 g/mol. The Balaban J connectivity index is 1.85. The summed E-state index contributed by atoms with van der Waals surface area (Å²) in [4.78, 5) is 16.4. The minimum absolute atomic E-state index is 0.000919. The summed E-state index contributed by atoms with van der Waals surface area (Å²) in [6, 6.07) is 3.47. The van der Waals surface area contributed by atoms with Crippen molar-refractivity contribution in [2.45, 2.75) is 48.7 Å². The van der Waals surface area contributed by atoms with Gasteiger partial charge >= 0.3 is 12.4 Å².